The van der Waals surface area contributed by atoms with E-state index in [1.807, 2.05) is 24.3 Å². The van der Waals surface area contributed by atoms with Crippen LogP contribution in [0.15, 0.2) is 53.1 Å². The van der Waals surface area contributed by atoms with Gasteiger partial charge in [0.25, 0.3) is 5.91 Å². The van der Waals surface area contributed by atoms with E-state index >= 15 is 0 Å². The van der Waals surface area contributed by atoms with Crippen LogP contribution in [0.5, 0.6) is 0 Å². The van der Waals surface area contributed by atoms with Gasteiger partial charge in [-0.2, -0.15) is 4.98 Å². The number of aromatic nitrogens is 2. The maximum absolute atomic E-state index is 13.5. The highest BCUT2D eigenvalue weighted by Crippen LogP contribution is 2.28. The lowest BCUT2D eigenvalue weighted by atomic mass is 9.87. The predicted molar refractivity (Wildman–Crippen MR) is 130 cm³/mol. The molecule has 1 fully saturated rings. The van der Waals surface area contributed by atoms with Gasteiger partial charge >= 0.3 is 0 Å². The van der Waals surface area contributed by atoms with Gasteiger partial charge in [0, 0.05) is 37.2 Å². The monoisotopic (exact) mass is 478 g/mol. The molecular weight excluding hydrogens is 447 g/mol. The number of carbonyl (C=O) groups is 2. The molecule has 1 saturated heterocycles. The van der Waals surface area contributed by atoms with Gasteiger partial charge in [-0.1, -0.05) is 50.2 Å². The van der Waals surface area contributed by atoms with Crippen molar-refractivity contribution < 1.29 is 18.5 Å². The molecule has 3 aromatic rings. The molecule has 0 saturated carbocycles. The van der Waals surface area contributed by atoms with Crippen molar-refractivity contribution in [1.82, 2.24) is 20.4 Å². The molecule has 0 radical (unpaired) electrons. The molecule has 1 unspecified atom stereocenters. The van der Waals surface area contributed by atoms with Gasteiger partial charge in [0.2, 0.25) is 17.6 Å². The zero-order chi connectivity index (χ0) is 25.0. The van der Waals surface area contributed by atoms with Crippen LogP contribution in [0.4, 0.5) is 4.39 Å². The van der Waals surface area contributed by atoms with Crippen LogP contribution in [-0.4, -0.2) is 46.5 Å². The smallest absolute Gasteiger partial charge is 0.251 e. The number of likely N-dealkylation sites (tertiary alicyclic amines) is 1. The van der Waals surface area contributed by atoms with Crippen molar-refractivity contribution >= 4 is 11.8 Å². The highest BCUT2D eigenvalue weighted by atomic mass is 19.1. The number of benzene rings is 2. The molecule has 2 amide bonds. The third kappa shape index (κ3) is 6.12. The molecule has 7 nitrogen and oxygen atoms in total. The topological polar surface area (TPSA) is 88.3 Å². The zero-order valence-corrected chi connectivity index (χ0v) is 20.4. The van der Waals surface area contributed by atoms with E-state index in [0.717, 1.165) is 18.4 Å². The second-order valence-electron chi connectivity index (χ2n) is 9.98. The van der Waals surface area contributed by atoms with Crippen molar-refractivity contribution in [3.63, 3.8) is 0 Å². The predicted octanol–water partition coefficient (Wildman–Crippen LogP) is 4.70. The highest BCUT2D eigenvalue weighted by molar-refractivity contribution is 5.94. The summed E-state index contributed by atoms with van der Waals surface area (Å²) in [6.07, 6.45) is 1.87. The summed E-state index contributed by atoms with van der Waals surface area (Å²) in [4.78, 5) is 31.5. The summed E-state index contributed by atoms with van der Waals surface area (Å²) in [5.74, 6) is 0.138. The summed E-state index contributed by atoms with van der Waals surface area (Å²) in [5, 5.41) is 6.82. The minimum atomic E-state index is -0.364. The first-order chi connectivity index (χ1) is 16.7. The maximum atomic E-state index is 13.5. The van der Waals surface area contributed by atoms with Gasteiger partial charge in [0.05, 0.1) is 5.92 Å². The summed E-state index contributed by atoms with van der Waals surface area (Å²) in [6, 6.07) is 13.6. The molecule has 35 heavy (non-hydrogen) atoms. The Kier molecular flexibility index (Phi) is 7.28. The van der Waals surface area contributed by atoms with Gasteiger partial charge in [0.1, 0.15) is 5.82 Å². The van der Waals surface area contributed by atoms with Crippen LogP contribution in [0.25, 0.3) is 11.4 Å². The quantitative estimate of drug-likeness (QED) is 0.555. The molecule has 0 bridgehead atoms. The van der Waals surface area contributed by atoms with E-state index in [9.17, 15) is 14.0 Å². The van der Waals surface area contributed by atoms with Crippen molar-refractivity contribution in [2.24, 2.45) is 0 Å². The Morgan fingerprint density at radius 2 is 1.94 bits per heavy atom. The number of hydrogen-bond acceptors (Lipinski definition) is 5. The van der Waals surface area contributed by atoms with Crippen LogP contribution in [-0.2, 0) is 10.2 Å². The second kappa shape index (κ2) is 10.4. The molecule has 0 spiro atoms. The second-order valence-corrected chi connectivity index (χ2v) is 9.98. The normalized spacial score (nSPS) is 16.2. The number of hydrogen-bond donors (Lipinski definition) is 1. The minimum absolute atomic E-state index is 0.0238. The molecule has 2 aromatic carbocycles. The number of rotatable bonds is 6. The van der Waals surface area contributed by atoms with Crippen LogP contribution in [0.1, 0.15) is 67.8 Å². The lowest BCUT2D eigenvalue weighted by molar-refractivity contribution is -0.132. The fourth-order valence-electron chi connectivity index (χ4n) is 4.22. The Morgan fingerprint density at radius 1 is 1.17 bits per heavy atom. The molecule has 1 N–H and O–H groups in total. The van der Waals surface area contributed by atoms with Crippen molar-refractivity contribution in [2.75, 3.05) is 19.6 Å². The van der Waals surface area contributed by atoms with Gasteiger partial charge < -0.3 is 14.7 Å². The van der Waals surface area contributed by atoms with Crippen molar-refractivity contribution in [1.29, 1.82) is 0 Å². The SMILES string of the molecule is CC(C)(C)c1ccc(C(=O)NCCC(=O)N2CCCC(c3nc(-c4cccc(F)c4)no3)C2)cc1. The standard InChI is InChI=1S/C27H31FN4O3/c1-27(2,3)21-11-9-18(10-12-21)25(34)29-14-13-23(33)32-15-5-7-20(17-32)26-30-24(31-35-26)19-6-4-8-22(28)16-19/h4,6,8-12,16,20H,5,7,13-15,17H2,1-3H3,(H,29,34). The van der Waals surface area contributed by atoms with Crippen molar-refractivity contribution in [3.05, 3.63) is 71.4 Å². The molecule has 4 rings (SSSR count). The molecule has 184 valence electrons. The van der Waals surface area contributed by atoms with E-state index in [4.69, 9.17) is 4.52 Å². The largest absolute Gasteiger partial charge is 0.352 e. The zero-order valence-electron chi connectivity index (χ0n) is 20.4. The number of nitrogens with zero attached hydrogens (tertiary/aromatic N) is 3. The average molecular weight is 479 g/mol. The summed E-state index contributed by atoms with van der Waals surface area (Å²) in [6.45, 7) is 7.78. The molecule has 1 atom stereocenters. The summed E-state index contributed by atoms with van der Waals surface area (Å²) in [7, 11) is 0. The van der Waals surface area contributed by atoms with Crippen molar-refractivity contribution in [3.8, 4) is 11.4 Å². The fourth-order valence-corrected chi connectivity index (χ4v) is 4.22. The van der Waals surface area contributed by atoms with E-state index < -0.39 is 0 Å². The third-order valence-corrected chi connectivity index (χ3v) is 6.29. The molecule has 1 aliphatic heterocycles. The minimum Gasteiger partial charge on any atom is -0.352 e. The Labute approximate surface area is 204 Å². The molecule has 2 heterocycles. The van der Waals surface area contributed by atoms with E-state index in [1.54, 1.807) is 17.0 Å². The molecule has 1 aromatic heterocycles. The lowest BCUT2D eigenvalue weighted by Gasteiger charge is -2.31. The van der Waals surface area contributed by atoms with Gasteiger partial charge in [-0.3, -0.25) is 9.59 Å². The molecular formula is C27H31FN4O3. The Balaban J connectivity index is 1.28. The third-order valence-electron chi connectivity index (χ3n) is 6.29. The highest BCUT2D eigenvalue weighted by Gasteiger charge is 2.28. The van der Waals surface area contributed by atoms with Crippen LogP contribution in [0.3, 0.4) is 0 Å². The summed E-state index contributed by atoms with van der Waals surface area (Å²) >= 11 is 0. The van der Waals surface area contributed by atoms with E-state index in [2.05, 4.69) is 36.2 Å². The van der Waals surface area contributed by atoms with Gasteiger partial charge in [-0.05, 0) is 48.1 Å². The lowest BCUT2D eigenvalue weighted by Crippen LogP contribution is -2.40. The number of amides is 2. The number of nitrogens with one attached hydrogen (secondary N) is 1. The maximum Gasteiger partial charge on any atom is 0.251 e. The first-order valence-electron chi connectivity index (χ1n) is 12.0. The van der Waals surface area contributed by atoms with Crippen LogP contribution in [0.2, 0.25) is 0 Å². The van der Waals surface area contributed by atoms with Crippen LogP contribution in [0, 0.1) is 5.82 Å². The van der Waals surface area contributed by atoms with Gasteiger partial charge in [-0.25, -0.2) is 4.39 Å². The van der Waals surface area contributed by atoms with Crippen molar-refractivity contribution in [2.45, 2.75) is 51.4 Å². The van der Waals surface area contributed by atoms with E-state index in [0.29, 0.717) is 35.9 Å². The fraction of sp³-hybridized carbons (Fsp3) is 0.407. The van der Waals surface area contributed by atoms with Crippen LogP contribution >= 0.6 is 0 Å². The average Bonchev–Trinajstić information content (AvgIpc) is 3.34. The first-order valence-corrected chi connectivity index (χ1v) is 12.0. The molecule has 8 heteroatoms. The van der Waals surface area contributed by atoms with Gasteiger partial charge in [-0.15, -0.1) is 0 Å². The Hall–Kier alpha value is -3.55. The summed E-state index contributed by atoms with van der Waals surface area (Å²) < 4.78 is 18.9. The Bertz CT molecular complexity index is 1180. The van der Waals surface area contributed by atoms with Gasteiger partial charge in [0.15, 0.2) is 0 Å². The number of carbonyl (C=O) groups excluding carboxylic acids is 2. The molecule has 0 aliphatic carbocycles. The molecule has 1 aliphatic rings. The number of piperidine rings is 1. The van der Waals surface area contributed by atoms with E-state index in [1.165, 1.54) is 12.1 Å². The van der Waals surface area contributed by atoms with Crippen LogP contribution < -0.4 is 5.32 Å². The Morgan fingerprint density at radius 3 is 2.66 bits per heavy atom. The number of halogens is 1. The van der Waals surface area contributed by atoms with E-state index in [-0.39, 0.29) is 41.9 Å². The summed E-state index contributed by atoms with van der Waals surface area (Å²) in [5.41, 5.74) is 2.31. The first kappa shape index (κ1) is 24.6.